The largest absolute Gasteiger partial charge is 0.493 e. The molecule has 0 saturated carbocycles. The molecule has 0 aromatic heterocycles. The van der Waals surface area contributed by atoms with E-state index < -0.39 is 0 Å². The van der Waals surface area contributed by atoms with Crippen molar-refractivity contribution >= 4 is 23.4 Å². The molecule has 0 aliphatic rings. The second-order valence-electron chi connectivity index (χ2n) is 5.32. The highest BCUT2D eigenvalue weighted by atomic mass is 16.5. The van der Waals surface area contributed by atoms with Crippen molar-refractivity contribution in [3.05, 3.63) is 59.7 Å². The quantitative estimate of drug-likeness (QED) is 0.706. The summed E-state index contributed by atoms with van der Waals surface area (Å²) in [6.45, 7) is 2.09. The Morgan fingerprint density at radius 2 is 1.65 bits per heavy atom. The Bertz CT molecular complexity index is 788. The molecule has 0 saturated heterocycles. The molecule has 0 aliphatic heterocycles. The minimum Gasteiger partial charge on any atom is -0.493 e. The van der Waals surface area contributed by atoms with Crippen molar-refractivity contribution in [3.63, 3.8) is 0 Å². The number of carbonyl (C=O) groups excluding carboxylic acids is 3. The van der Waals surface area contributed by atoms with Crippen molar-refractivity contribution in [2.24, 2.45) is 0 Å². The van der Waals surface area contributed by atoms with Crippen molar-refractivity contribution in [1.82, 2.24) is 10.6 Å². The second kappa shape index (κ2) is 9.22. The number of benzene rings is 2. The lowest BCUT2D eigenvalue weighted by Gasteiger charge is -2.11. The number of para-hydroxylation sites is 1. The van der Waals surface area contributed by atoms with Gasteiger partial charge in [0.1, 0.15) is 5.75 Å². The summed E-state index contributed by atoms with van der Waals surface area (Å²) >= 11 is 0. The summed E-state index contributed by atoms with van der Waals surface area (Å²) in [6, 6.07) is 13.3. The first-order valence-corrected chi connectivity index (χ1v) is 8.17. The van der Waals surface area contributed by atoms with Crippen LogP contribution in [0, 0.1) is 0 Å². The summed E-state index contributed by atoms with van der Waals surface area (Å²) in [6.07, 6.45) is 0. The number of ether oxygens (including phenoxy) is 1. The fourth-order valence-electron chi connectivity index (χ4n) is 2.25. The van der Waals surface area contributed by atoms with E-state index in [2.05, 4.69) is 16.0 Å². The molecule has 26 heavy (non-hydrogen) atoms. The Kier molecular flexibility index (Phi) is 6.73. The summed E-state index contributed by atoms with van der Waals surface area (Å²) in [7, 11) is 1.55. The minimum absolute atomic E-state index is 0.184. The van der Waals surface area contributed by atoms with E-state index >= 15 is 0 Å². The highest BCUT2D eigenvalue weighted by Crippen LogP contribution is 2.17. The molecule has 0 radical (unpaired) electrons. The van der Waals surface area contributed by atoms with Gasteiger partial charge in [0.2, 0.25) is 5.91 Å². The highest BCUT2D eigenvalue weighted by Gasteiger charge is 2.13. The number of nitrogens with one attached hydrogen (secondary N) is 3. The predicted molar refractivity (Wildman–Crippen MR) is 98.4 cm³/mol. The Morgan fingerprint density at radius 1 is 0.962 bits per heavy atom. The molecule has 7 heteroatoms. The van der Waals surface area contributed by atoms with Crippen LogP contribution in [0.15, 0.2) is 48.5 Å². The first-order valence-electron chi connectivity index (χ1n) is 8.17. The van der Waals surface area contributed by atoms with Gasteiger partial charge in [-0.15, -0.1) is 0 Å². The van der Waals surface area contributed by atoms with Gasteiger partial charge in [0.15, 0.2) is 0 Å². The summed E-state index contributed by atoms with van der Waals surface area (Å²) in [4.78, 5) is 35.7. The van der Waals surface area contributed by atoms with Crippen LogP contribution >= 0.6 is 0 Å². The standard InChI is InChI=1S/C19H21N3O4/c1-3-26-16-7-5-4-6-15(16)19(25)21-12-17(23)22-14-10-8-13(9-11-14)18(24)20-2/h4-11H,3,12H2,1-2H3,(H,20,24)(H,21,25)(H,22,23). The monoisotopic (exact) mass is 355 g/mol. The van der Waals surface area contributed by atoms with Gasteiger partial charge < -0.3 is 20.7 Å². The van der Waals surface area contributed by atoms with Crippen LogP contribution in [-0.2, 0) is 4.79 Å². The molecule has 0 bridgehead atoms. The molecule has 0 unspecified atom stereocenters. The molecule has 2 aromatic rings. The Morgan fingerprint density at radius 3 is 2.31 bits per heavy atom. The SMILES string of the molecule is CCOc1ccccc1C(=O)NCC(=O)Nc1ccc(C(=O)NC)cc1. The van der Waals surface area contributed by atoms with E-state index in [0.717, 1.165) is 0 Å². The van der Waals surface area contributed by atoms with Gasteiger partial charge in [0.05, 0.1) is 18.7 Å². The molecule has 7 nitrogen and oxygen atoms in total. The van der Waals surface area contributed by atoms with Gasteiger partial charge in [0, 0.05) is 18.3 Å². The summed E-state index contributed by atoms with van der Waals surface area (Å²) in [5.41, 5.74) is 1.40. The molecule has 0 spiro atoms. The predicted octanol–water partition coefficient (Wildman–Crippen LogP) is 1.81. The van der Waals surface area contributed by atoms with E-state index in [1.807, 2.05) is 6.92 Å². The molecule has 0 aliphatic carbocycles. The third-order valence-corrected chi connectivity index (χ3v) is 3.50. The van der Waals surface area contributed by atoms with Gasteiger partial charge in [-0.1, -0.05) is 12.1 Å². The highest BCUT2D eigenvalue weighted by molar-refractivity contribution is 6.01. The van der Waals surface area contributed by atoms with Crippen LogP contribution in [0.5, 0.6) is 5.75 Å². The maximum absolute atomic E-state index is 12.2. The second-order valence-corrected chi connectivity index (χ2v) is 5.32. The first-order chi connectivity index (χ1) is 12.5. The van der Waals surface area contributed by atoms with Crippen LogP contribution in [0.4, 0.5) is 5.69 Å². The zero-order chi connectivity index (χ0) is 18.9. The van der Waals surface area contributed by atoms with Crippen LogP contribution < -0.4 is 20.7 Å². The Labute approximate surface area is 151 Å². The van der Waals surface area contributed by atoms with Gasteiger partial charge in [-0.2, -0.15) is 0 Å². The average Bonchev–Trinajstić information content (AvgIpc) is 2.67. The first kappa shape index (κ1) is 19.0. The lowest BCUT2D eigenvalue weighted by molar-refractivity contribution is -0.115. The molecule has 0 fully saturated rings. The number of hydrogen-bond donors (Lipinski definition) is 3. The van der Waals surface area contributed by atoms with Crippen molar-refractivity contribution in [2.75, 3.05) is 25.5 Å². The number of amides is 3. The Hall–Kier alpha value is -3.35. The number of anilines is 1. The molecule has 2 rings (SSSR count). The number of rotatable bonds is 7. The average molecular weight is 355 g/mol. The molecule has 0 heterocycles. The van der Waals surface area contributed by atoms with Crippen molar-refractivity contribution in [2.45, 2.75) is 6.92 Å². The maximum atomic E-state index is 12.2. The van der Waals surface area contributed by atoms with E-state index in [0.29, 0.717) is 29.2 Å². The number of hydrogen-bond acceptors (Lipinski definition) is 4. The maximum Gasteiger partial charge on any atom is 0.255 e. The van der Waals surface area contributed by atoms with Crippen LogP contribution in [0.2, 0.25) is 0 Å². The topological polar surface area (TPSA) is 96.5 Å². The summed E-state index contributed by atoms with van der Waals surface area (Å²) < 4.78 is 5.41. The third-order valence-electron chi connectivity index (χ3n) is 3.50. The van der Waals surface area contributed by atoms with Crippen molar-refractivity contribution < 1.29 is 19.1 Å². The normalized spacial score (nSPS) is 9.92. The lowest BCUT2D eigenvalue weighted by atomic mass is 10.2. The Balaban J connectivity index is 1.90. The van der Waals surface area contributed by atoms with Gasteiger partial charge in [-0.25, -0.2) is 0 Å². The van der Waals surface area contributed by atoms with E-state index in [1.165, 1.54) is 0 Å². The van der Waals surface area contributed by atoms with Crippen molar-refractivity contribution in [3.8, 4) is 5.75 Å². The number of carbonyl (C=O) groups is 3. The van der Waals surface area contributed by atoms with Crippen LogP contribution in [0.3, 0.4) is 0 Å². The van der Waals surface area contributed by atoms with Gasteiger partial charge >= 0.3 is 0 Å². The summed E-state index contributed by atoms with van der Waals surface area (Å²) in [5.74, 6) is -0.500. The van der Waals surface area contributed by atoms with E-state index in [4.69, 9.17) is 4.74 Å². The smallest absolute Gasteiger partial charge is 0.255 e. The van der Waals surface area contributed by atoms with E-state index in [-0.39, 0.29) is 24.3 Å². The third kappa shape index (κ3) is 5.07. The fraction of sp³-hybridized carbons (Fsp3) is 0.211. The van der Waals surface area contributed by atoms with Gasteiger partial charge in [0.25, 0.3) is 11.8 Å². The lowest BCUT2D eigenvalue weighted by Crippen LogP contribution is -2.33. The van der Waals surface area contributed by atoms with Crippen molar-refractivity contribution in [1.29, 1.82) is 0 Å². The van der Waals surface area contributed by atoms with Gasteiger partial charge in [-0.3, -0.25) is 14.4 Å². The van der Waals surface area contributed by atoms with Crippen LogP contribution in [-0.4, -0.2) is 37.9 Å². The molecule has 3 N–H and O–H groups in total. The van der Waals surface area contributed by atoms with Crippen LogP contribution in [0.25, 0.3) is 0 Å². The molecular weight excluding hydrogens is 334 g/mol. The molecular formula is C19H21N3O4. The van der Waals surface area contributed by atoms with Crippen LogP contribution in [0.1, 0.15) is 27.6 Å². The van der Waals surface area contributed by atoms with Gasteiger partial charge in [-0.05, 0) is 43.3 Å². The fourth-order valence-corrected chi connectivity index (χ4v) is 2.25. The molecule has 136 valence electrons. The zero-order valence-electron chi connectivity index (χ0n) is 14.7. The molecule has 2 aromatic carbocycles. The molecule has 0 atom stereocenters. The minimum atomic E-state index is -0.390. The van der Waals surface area contributed by atoms with E-state index in [9.17, 15) is 14.4 Å². The van der Waals surface area contributed by atoms with E-state index in [1.54, 1.807) is 55.6 Å². The zero-order valence-corrected chi connectivity index (χ0v) is 14.7. The molecule has 3 amide bonds. The summed E-state index contributed by atoms with van der Waals surface area (Å²) in [5, 5.41) is 7.74.